The van der Waals surface area contributed by atoms with Crippen LogP contribution in [0.5, 0.6) is 0 Å². The van der Waals surface area contributed by atoms with Crippen molar-refractivity contribution in [2.24, 2.45) is 15.0 Å². The van der Waals surface area contributed by atoms with Crippen LogP contribution in [0.25, 0.3) is 12.2 Å². The fourth-order valence-corrected chi connectivity index (χ4v) is 3.25. The summed E-state index contributed by atoms with van der Waals surface area (Å²) in [5, 5.41) is 25.3. The second-order valence-corrected chi connectivity index (χ2v) is 6.69. The molecule has 0 radical (unpaired) electrons. The summed E-state index contributed by atoms with van der Waals surface area (Å²) in [7, 11) is 1.76. The van der Waals surface area contributed by atoms with E-state index < -0.39 is 5.95 Å². The molecule has 2 heterocycles. The third-order valence-corrected chi connectivity index (χ3v) is 4.88. The molecule has 1 aliphatic rings. The van der Waals surface area contributed by atoms with Crippen molar-refractivity contribution in [1.29, 1.82) is 0 Å². The monoisotopic (exact) mass is 378 g/mol. The molecule has 0 amide bonds. The van der Waals surface area contributed by atoms with Crippen molar-refractivity contribution in [3.63, 3.8) is 0 Å². The molecule has 148 valence electrons. The molecule has 0 fully saturated rings. The Bertz CT molecular complexity index is 1070. The summed E-state index contributed by atoms with van der Waals surface area (Å²) in [6.45, 7) is 13.0. The average Bonchev–Trinajstić information content (AvgIpc) is 3.12. The molecule has 6 heteroatoms. The van der Waals surface area contributed by atoms with Gasteiger partial charge in [-0.05, 0) is 80.8 Å². The van der Waals surface area contributed by atoms with Crippen molar-refractivity contribution in [3.05, 3.63) is 56.4 Å². The van der Waals surface area contributed by atoms with E-state index in [0.717, 1.165) is 34.0 Å². The van der Waals surface area contributed by atoms with Gasteiger partial charge in [-0.1, -0.05) is 6.92 Å². The standard InChI is InChI=1S/C22H28N4O2/c1-8-16-14(4)17(9-13(3)24-7)25-19(16)10-18-15(5)20(22(27)28)21(26-18)12(2)11-23-6/h9-11,25,27-28H,6,8H2,1-5,7H3/p-2/b12-11-,17-9?,19-10-,24-13?. The number of hydrogen-bond acceptors (Lipinski definition) is 5. The molecule has 2 rings (SSSR count). The number of aromatic nitrogens is 1. The Morgan fingerprint density at radius 2 is 1.89 bits per heavy atom. The quantitative estimate of drug-likeness (QED) is 0.605. The maximum Gasteiger partial charge on any atom is 0.0738 e. The van der Waals surface area contributed by atoms with Gasteiger partial charge in [-0.25, -0.2) is 4.99 Å². The average molecular weight is 378 g/mol. The zero-order valence-electron chi connectivity index (χ0n) is 17.3. The molecule has 1 N–H and O–H groups in total. The van der Waals surface area contributed by atoms with Gasteiger partial charge in [0.2, 0.25) is 0 Å². The van der Waals surface area contributed by atoms with Crippen molar-refractivity contribution in [3.8, 4) is 0 Å². The van der Waals surface area contributed by atoms with Crippen LogP contribution < -0.4 is 20.9 Å². The van der Waals surface area contributed by atoms with E-state index in [0.29, 0.717) is 22.6 Å². The fraction of sp³-hybridized carbons (Fsp3) is 0.318. The van der Waals surface area contributed by atoms with Gasteiger partial charge in [-0.3, -0.25) is 9.98 Å². The SMILES string of the molecule is C=N/C=C(/C)C1=NC(/C=c2\[nH]c(=CC(C)=NC)c(C)c2CC)=C(C)C1=C([O-])[O-]. The van der Waals surface area contributed by atoms with Crippen LogP contribution in [0.4, 0.5) is 0 Å². The van der Waals surface area contributed by atoms with Gasteiger partial charge in [0, 0.05) is 29.7 Å². The van der Waals surface area contributed by atoms with Crippen molar-refractivity contribution in [2.75, 3.05) is 7.05 Å². The van der Waals surface area contributed by atoms with Crippen LogP contribution in [0.1, 0.15) is 38.8 Å². The van der Waals surface area contributed by atoms with E-state index >= 15 is 0 Å². The summed E-state index contributed by atoms with van der Waals surface area (Å²) in [6, 6.07) is 0. The summed E-state index contributed by atoms with van der Waals surface area (Å²) in [6.07, 6.45) is 6.22. The largest absolute Gasteiger partial charge is 0.883 e. The first kappa shape index (κ1) is 21.2. The van der Waals surface area contributed by atoms with Gasteiger partial charge in [-0.2, -0.15) is 5.95 Å². The molecule has 0 saturated carbocycles. The van der Waals surface area contributed by atoms with Gasteiger partial charge in [-0.15, -0.1) is 0 Å². The van der Waals surface area contributed by atoms with Gasteiger partial charge in [0.05, 0.1) is 11.4 Å². The van der Waals surface area contributed by atoms with E-state index in [-0.39, 0.29) is 5.57 Å². The van der Waals surface area contributed by atoms with Gasteiger partial charge in [0.15, 0.2) is 0 Å². The molecular formula is C22H26N4O2-2. The van der Waals surface area contributed by atoms with Gasteiger partial charge in [0.1, 0.15) is 0 Å². The lowest BCUT2D eigenvalue weighted by atomic mass is 10.0. The number of H-pyrrole nitrogens is 1. The lowest BCUT2D eigenvalue weighted by molar-refractivity contribution is -0.514. The summed E-state index contributed by atoms with van der Waals surface area (Å²) in [5.74, 6) is -1.25. The second kappa shape index (κ2) is 8.69. The van der Waals surface area contributed by atoms with Crippen molar-refractivity contribution < 1.29 is 10.2 Å². The first-order valence-electron chi connectivity index (χ1n) is 9.10. The maximum absolute atomic E-state index is 11.7. The van der Waals surface area contributed by atoms with Crippen LogP contribution in [0.2, 0.25) is 0 Å². The maximum atomic E-state index is 11.7. The number of nitrogens with one attached hydrogen (secondary N) is 1. The van der Waals surface area contributed by atoms with E-state index in [2.05, 4.69) is 40.5 Å². The van der Waals surface area contributed by atoms with Crippen molar-refractivity contribution >= 4 is 30.3 Å². The highest BCUT2D eigenvalue weighted by Crippen LogP contribution is 2.29. The van der Waals surface area contributed by atoms with E-state index in [1.165, 1.54) is 6.20 Å². The Hall–Kier alpha value is -3.15. The van der Waals surface area contributed by atoms with Crippen LogP contribution in [-0.4, -0.2) is 30.2 Å². The Kier molecular flexibility index (Phi) is 6.57. The topological polar surface area (TPSA) is 99.0 Å². The number of aliphatic imine (C=N–C) groups is 3. The third-order valence-electron chi connectivity index (χ3n) is 4.88. The summed E-state index contributed by atoms with van der Waals surface area (Å²) in [4.78, 5) is 15.9. The second-order valence-electron chi connectivity index (χ2n) is 6.69. The number of nitrogens with zero attached hydrogens (tertiary/aromatic N) is 3. The Morgan fingerprint density at radius 1 is 1.21 bits per heavy atom. The zero-order chi connectivity index (χ0) is 21.0. The van der Waals surface area contributed by atoms with Crippen LogP contribution in [0.3, 0.4) is 0 Å². The predicted octanol–water partition coefficient (Wildman–Crippen LogP) is 0.802. The molecule has 0 aromatic carbocycles. The molecule has 28 heavy (non-hydrogen) atoms. The predicted molar refractivity (Wildman–Crippen MR) is 113 cm³/mol. The lowest BCUT2D eigenvalue weighted by Crippen LogP contribution is -2.24. The molecule has 0 aliphatic carbocycles. The zero-order valence-corrected chi connectivity index (χ0v) is 17.3. The van der Waals surface area contributed by atoms with Gasteiger partial charge >= 0.3 is 0 Å². The number of rotatable bonds is 5. The molecule has 1 aliphatic heterocycles. The molecule has 0 spiro atoms. The van der Waals surface area contributed by atoms with E-state index in [1.807, 2.05) is 19.1 Å². The summed E-state index contributed by atoms with van der Waals surface area (Å²) in [5.41, 5.74) is 5.46. The van der Waals surface area contributed by atoms with Crippen LogP contribution in [0.15, 0.2) is 49.5 Å². The summed E-state index contributed by atoms with van der Waals surface area (Å²) < 4.78 is 0. The van der Waals surface area contributed by atoms with Crippen molar-refractivity contribution in [1.82, 2.24) is 4.98 Å². The number of aromatic amines is 1. The molecule has 1 aromatic rings. The van der Waals surface area contributed by atoms with E-state index in [4.69, 9.17) is 0 Å². The third kappa shape index (κ3) is 4.06. The van der Waals surface area contributed by atoms with Crippen LogP contribution in [0, 0.1) is 6.92 Å². The smallest absolute Gasteiger partial charge is 0.0738 e. The van der Waals surface area contributed by atoms with Crippen LogP contribution in [-0.2, 0) is 6.42 Å². The molecule has 6 nitrogen and oxygen atoms in total. The minimum atomic E-state index is -1.25. The van der Waals surface area contributed by atoms with Crippen molar-refractivity contribution in [2.45, 2.75) is 41.0 Å². The first-order valence-corrected chi connectivity index (χ1v) is 9.10. The summed E-state index contributed by atoms with van der Waals surface area (Å²) >= 11 is 0. The Balaban J connectivity index is 2.75. The van der Waals surface area contributed by atoms with E-state index in [9.17, 15) is 10.2 Å². The van der Waals surface area contributed by atoms with Gasteiger partial charge in [0.25, 0.3) is 0 Å². The lowest BCUT2D eigenvalue weighted by Gasteiger charge is -2.23. The number of hydrogen-bond donors (Lipinski definition) is 1. The molecular weight excluding hydrogens is 352 g/mol. The molecule has 0 saturated heterocycles. The Labute approximate surface area is 165 Å². The highest BCUT2D eigenvalue weighted by atomic mass is 16.5. The molecule has 1 aromatic heterocycles. The molecule has 0 bridgehead atoms. The van der Waals surface area contributed by atoms with Gasteiger partial charge < -0.3 is 15.2 Å². The first-order chi connectivity index (χ1) is 13.2. The minimum Gasteiger partial charge on any atom is -0.883 e. The fourth-order valence-electron chi connectivity index (χ4n) is 3.25. The molecule has 0 atom stereocenters. The number of allylic oxidation sites excluding steroid dienone is 4. The molecule has 0 unspecified atom stereocenters. The normalized spacial score (nSPS) is 16.9. The Morgan fingerprint density at radius 3 is 2.43 bits per heavy atom. The van der Waals surface area contributed by atoms with E-state index in [1.54, 1.807) is 20.9 Å². The minimum absolute atomic E-state index is 0.0886. The highest BCUT2D eigenvalue weighted by Gasteiger charge is 2.20. The van der Waals surface area contributed by atoms with Crippen LogP contribution >= 0.6 is 0 Å². The highest BCUT2D eigenvalue weighted by molar-refractivity contribution is 6.17.